The maximum atomic E-state index is 12.4. The van der Waals surface area contributed by atoms with E-state index in [1.807, 2.05) is 25.2 Å². The van der Waals surface area contributed by atoms with Crippen molar-refractivity contribution < 1.29 is 14.3 Å². The van der Waals surface area contributed by atoms with Gasteiger partial charge in [-0.2, -0.15) is 0 Å². The molecule has 1 saturated carbocycles. The van der Waals surface area contributed by atoms with Crippen molar-refractivity contribution in [1.29, 1.82) is 0 Å². The van der Waals surface area contributed by atoms with Crippen LogP contribution in [0.2, 0.25) is 0 Å². The van der Waals surface area contributed by atoms with Gasteiger partial charge in [-0.05, 0) is 30.5 Å². The van der Waals surface area contributed by atoms with Gasteiger partial charge in [0.1, 0.15) is 0 Å². The van der Waals surface area contributed by atoms with E-state index in [1.54, 1.807) is 4.90 Å². The Kier molecular flexibility index (Phi) is 3.53. The molecule has 1 aliphatic heterocycles. The number of carbonyl (C=O) groups is 1. The molecule has 2 aliphatic rings. The summed E-state index contributed by atoms with van der Waals surface area (Å²) in [6.45, 7) is 0.836. The summed E-state index contributed by atoms with van der Waals surface area (Å²) in [5, 5.41) is 0. The molecule has 0 bridgehead atoms. The number of nitrogens with two attached hydrogens (primary N) is 1. The molecule has 2 atom stereocenters. The average molecular weight is 276 g/mol. The Morgan fingerprint density at radius 3 is 2.90 bits per heavy atom. The minimum atomic E-state index is -0.0194. The van der Waals surface area contributed by atoms with Crippen molar-refractivity contribution in [3.8, 4) is 11.5 Å². The first-order chi connectivity index (χ1) is 9.65. The predicted molar refractivity (Wildman–Crippen MR) is 74.4 cm³/mol. The Balaban J connectivity index is 1.66. The zero-order valence-electron chi connectivity index (χ0n) is 11.7. The van der Waals surface area contributed by atoms with Gasteiger partial charge in [0.15, 0.2) is 11.5 Å². The molecule has 5 nitrogen and oxygen atoms in total. The van der Waals surface area contributed by atoms with Gasteiger partial charge in [0.25, 0.3) is 0 Å². The van der Waals surface area contributed by atoms with Gasteiger partial charge in [-0.15, -0.1) is 0 Å². The van der Waals surface area contributed by atoms with E-state index in [0.717, 1.165) is 36.3 Å². The number of benzene rings is 1. The van der Waals surface area contributed by atoms with Crippen LogP contribution in [-0.2, 0) is 11.3 Å². The fourth-order valence-electron chi connectivity index (χ4n) is 2.97. The number of hydrogen-bond donors (Lipinski definition) is 1. The minimum Gasteiger partial charge on any atom is -0.454 e. The normalized spacial score (nSPS) is 23.9. The molecule has 5 heteroatoms. The van der Waals surface area contributed by atoms with Crippen LogP contribution in [0.15, 0.2) is 18.2 Å². The smallest absolute Gasteiger partial charge is 0.231 e. The SMILES string of the molecule is CN(Cc1ccc2c(c1)OCO2)C(=O)[C@H]1CCC[C@H]1N. The molecular weight excluding hydrogens is 256 g/mol. The van der Waals surface area contributed by atoms with Crippen LogP contribution in [0.25, 0.3) is 0 Å². The van der Waals surface area contributed by atoms with E-state index in [0.29, 0.717) is 6.54 Å². The van der Waals surface area contributed by atoms with Crippen molar-refractivity contribution >= 4 is 5.91 Å². The number of nitrogens with zero attached hydrogens (tertiary/aromatic N) is 1. The highest BCUT2D eigenvalue weighted by Gasteiger charge is 2.32. The molecule has 0 radical (unpaired) electrons. The molecule has 1 fully saturated rings. The second kappa shape index (κ2) is 5.32. The van der Waals surface area contributed by atoms with Crippen molar-refractivity contribution in [2.75, 3.05) is 13.8 Å². The van der Waals surface area contributed by atoms with Crippen LogP contribution in [0.5, 0.6) is 11.5 Å². The monoisotopic (exact) mass is 276 g/mol. The molecular formula is C15H20N2O3. The average Bonchev–Trinajstić information content (AvgIpc) is 3.05. The van der Waals surface area contributed by atoms with Crippen molar-refractivity contribution in [3.05, 3.63) is 23.8 Å². The summed E-state index contributed by atoms with van der Waals surface area (Å²) in [6, 6.07) is 5.80. The van der Waals surface area contributed by atoms with E-state index in [9.17, 15) is 4.79 Å². The number of hydrogen-bond acceptors (Lipinski definition) is 4. The van der Waals surface area contributed by atoms with E-state index in [4.69, 9.17) is 15.2 Å². The number of fused-ring (bicyclic) bond motifs is 1. The Morgan fingerprint density at radius 2 is 2.15 bits per heavy atom. The lowest BCUT2D eigenvalue weighted by Crippen LogP contribution is -2.39. The lowest BCUT2D eigenvalue weighted by atomic mass is 10.0. The van der Waals surface area contributed by atoms with E-state index in [1.165, 1.54) is 0 Å². The van der Waals surface area contributed by atoms with Crippen molar-refractivity contribution in [2.45, 2.75) is 31.8 Å². The summed E-state index contributed by atoms with van der Waals surface area (Å²) >= 11 is 0. The third-order valence-corrected chi connectivity index (χ3v) is 4.12. The van der Waals surface area contributed by atoms with Crippen LogP contribution in [0.4, 0.5) is 0 Å². The third kappa shape index (κ3) is 2.45. The van der Waals surface area contributed by atoms with Gasteiger partial charge >= 0.3 is 0 Å². The molecule has 3 rings (SSSR count). The molecule has 0 saturated heterocycles. The Labute approximate surface area is 118 Å². The van der Waals surface area contributed by atoms with Crippen LogP contribution in [0.3, 0.4) is 0 Å². The number of carbonyl (C=O) groups excluding carboxylic acids is 1. The molecule has 0 unspecified atom stereocenters. The third-order valence-electron chi connectivity index (χ3n) is 4.12. The lowest BCUT2D eigenvalue weighted by Gasteiger charge is -2.23. The van der Waals surface area contributed by atoms with Crippen molar-refractivity contribution in [2.24, 2.45) is 11.7 Å². The second-order valence-corrected chi connectivity index (χ2v) is 5.58. The molecule has 1 aromatic carbocycles. The van der Waals surface area contributed by atoms with Gasteiger partial charge in [-0.25, -0.2) is 0 Å². The molecule has 1 heterocycles. The zero-order valence-corrected chi connectivity index (χ0v) is 11.7. The summed E-state index contributed by atoms with van der Waals surface area (Å²) in [5.41, 5.74) is 7.04. The lowest BCUT2D eigenvalue weighted by molar-refractivity contribution is -0.134. The fourth-order valence-corrected chi connectivity index (χ4v) is 2.97. The summed E-state index contributed by atoms with van der Waals surface area (Å²) in [6.07, 6.45) is 2.91. The minimum absolute atomic E-state index is 0.0155. The van der Waals surface area contributed by atoms with Gasteiger partial charge in [0, 0.05) is 19.6 Å². The van der Waals surface area contributed by atoms with Crippen LogP contribution in [0.1, 0.15) is 24.8 Å². The van der Waals surface area contributed by atoms with Crippen LogP contribution >= 0.6 is 0 Å². The van der Waals surface area contributed by atoms with Crippen molar-refractivity contribution in [3.63, 3.8) is 0 Å². The summed E-state index contributed by atoms with van der Waals surface area (Å²) in [4.78, 5) is 14.1. The molecule has 20 heavy (non-hydrogen) atoms. The zero-order chi connectivity index (χ0) is 14.1. The topological polar surface area (TPSA) is 64.8 Å². The quantitative estimate of drug-likeness (QED) is 0.908. The first kappa shape index (κ1) is 13.2. The molecule has 1 aromatic rings. The number of amides is 1. The fraction of sp³-hybridized carbons (Fsp3) is 0.533. The van der Waals surface area contributed by atoms with Gasteiger partial charge in [0.2, 0.25) is 12.7 Å². The standard InChI is InChI=1S/C15H20N2O3/c1-17(15(18)11-3-2-4-12(11)16)8-10-5-6-13-14(7-10)20-9-19-13/h5-7,11-12H,2-4,8-9,16H2,1H3/t11-,12+/m0/s1. The van der Waals surface area contributed by atoms with Crippen LogP contribution < -0.4 is 15.2 Å². The first-order valence-corrected chi connectivity index (χ1v) is 7.04. The van der Waals surface area contributed by atoms with E-state index < -0.39 is 0 Å². The summed E-state index contributed by atoms with van der Waals surface area (Å²) < 4.78 is 10.6. The molecule has 1 aliphatic carbocycles. The Bertz CT molecular complexity index is 518. The van der Waals surface area contributed by atoms with Gasteiger partial charge in [-0.1, -0.05) is 12.5 Å². The summed E-state index contributed by atoms with van der Waals surface area (Å²) in [5.74, 6) is 1.64. The van der Waals surface area contributed by atoms with Gasteiger partial charge in [0.05, 0.1) is 5.92 Å². The number of rotatable bonds is 3. The number of ether oxygens (including phenoxy) is 2. The molecule has 0 spiro atoms. The van der Waals surface area contributed by atoms with Gasteiger partial charge < -0.3 is 20.1 Å². The first-order valence-electron chi connectivity index (χ1n) is 7.04. The largest absolute Gasteiger partial charge is 0.454 e. The highest BCUT2D eigenvalue weighted by molar-refractivity contribution is 5.79. The van der Waals surface area contributed by atoms with Crippen LogP contribution in [-0.4, -0.2) is 30.7 Å². The van der Waals surface area contributed by atoms with Crippen LogP contribution in [0, 0.1) is 5.92 Å². The predicted octanol–water partition coefficient (Wildman–Crippen LogP) is 1.50. The molecule has 1 amide bonds. The molecule has 0 aromatic heterocycles. The Hall–Kier alpha value is -1.75. The van der Waals surface area contributed by atoms with E-state index >= 15 is 0 Å². The van der Waals surface area contributed by atoms with Gasteiger partial charge in [-0.3, -0.25) is 4.79 Å². The highest BCUT2D eigenvalue weighted by Crippen LogP contribution is 2.33. The van der Waals surface area contributed by atoms with E-state index in [-0.39, 0.29) is 24.7 Å². The van der Waals surface area contributed by atoms with E-state index in [2.05, 4.69) is 0 Å². The highest BCUT2D eigenvalue weighted by atomic mass is 16.7. The molecule has 108 valence electrons. The maximum Gasteiger partial charge on any atom is 0.231 e. The summed E-state index contributed by atoms with van der Waals surface area (Å²) in [7, 11) is 1.83. The van der Waals surface area contributed by atoms with Crippen molar-refractivity contribution in [1.82, 2.24) is 4.90 Å². The Morgan fingerprint density at radius 1 is 1.35 bits per heavy atom. The molecule has 2 N–H and O–H groups in total. The second-order valence-electron chi connectivity index (χ2n) is 5.58. The maximum absolute atomic E-state index is 12.4.